The molecule has 9 heteroatoms. The summed E-state index contributed by atoms with van der Waals surface area (Å²) >= 11 is 1.60. The van der Waals surface area contributed by atoms with Crippen molar-refractivity contribution < 1.29 is 4.74 Å². The molecule has 2 saturated heterocycles. The lowest BCUT2D eigenvalue weighted by atomic mass is 10.2. The number of nitrogens with zero attached hydrogens (tertiary/aromatic N) is 4. The smallest absolute Gasteiger partial charge is 0.231 e. The first-order valence-electron chi connectivity index (χ1n) is 9.09. The van der Waals surface area contributed by atoms with Crippen LogP contribution in [0.25, 0.3) is 0 Å². The van der Waals surface area contributed by atoms with E-state index in [9.17, 15) is 0 Å². The number of nitrogens with one attached hydrogen (secondary N) is 3. The fourth-order valence-electron chi connectivity index (χ4n) is 3.19. The second-order valence-corrected chi connectivity index (χ2v) is 7.93. The quantitative estimate of drug-likeness (QED) is 0.702. The molecule has 140 valence electrons. The molecule has 0 amide bonds. The molecule has 26 heavy (non-hydrogen) atoms. The van der Waals surface area contributed by atoms with Gasteiger partial charge in [0.2, 0.25) is 5.95 Å². The van der Waals surface area contributed by atoms with Crippen molar-refractivity contribution in [3.63, 3.8) is 0 Å². The van der Waals surface area contributed by atoms with Gasteiger partial charge < -0.3 is 15.4 Å². The number of thiazole rings is 1. The van der Waals surface area contributed by atoms with Crippen LogP contribution >= 0.6 is 11.3 Å². The van der Waals surface area contributed by atoms with E-state index >= 15 is 0 Å². The monoisotopic (exact) mass is 375 g/mol. The summed E-state index contributed by atoms with van der Waals surface area (Å²) in [4.78, 5) is 17.3. The predicted octanol–water partition coefficient (Wildman–Crippen LogP) is 1.59. The molecule has 4 heterocycles. The van der Waals surface area contributed by atoms with E-state index in [2.05, 4.69) is 36.9 Å². The van der Waals surface area contributed by atoms with E-state index in [0.717, 1.165) is 73.9 Å². The molecular weight excluding hydrogens is 350 g/mol. The summed E-state index contributed by atoms with van der Waals surface area (Å²) in [5.41, 5.74) is 1.01. The van der Waals surface area contributed by atoms with Gasteiger partial charge in [-0.3, -0.25) is 10.2 Å². The first kappa shape index (κ1) is 17.6. The summed E-state index contributed by atoms with van der Waals surface area (Å²) in [7, 11) is 0. The van der Waals surface area contributed by atoms with Crippen molar-refractivity contribution in [1.82, 2.24) is 25.2 Å². The van der Waals surface area contributed by atoms with Crippen LogP contribution in [0.2, 0.25) is 0 Å². The molecule has 2 aliphatic rings. The Bertz CT molecular complexity index is 726. The Labute approximate surface area is 157 Å². The Hall–Kier alpha value is -1.81. The topological polar surface area (TPSA) is 87.2 Å². The van der Waals surface area contributed by atoms with E-state index in [-0.39, 0.29) is 0 Å². The molecule has 0 radical (unpaired) electrons. The van der Waals surface area contributed by atoms with Crippen molar-refractivity contribution in [3.8, 4) is 0 Å². The molecular formula is C17H25N7OS. The van der Waals surface area contributed by atoms with E-state index < -0.39 is 0 Å². The Kier molecular flexibility index (Phi) is 5.59. The number of hydrogen-bond acceptors (Lipinski definition) is 9. The van der Waals surface area contributed by atoms with Crippen molar-refractivity contribution in [1.29, 1.82) is 0 Å². The Morgan fingerprint density at radius 3 is 2.96 bits per heavy atom. The summed E-state index contributed by atoms with van der Waals surface area (Å²) in [6.45, 7) is 8.31. The number of morpholine rings is 1. The summed E-state index contributed by atoms with van der Waals surface area (Å²) in [6, 6.07) is 2.47. The maximum atomic E-state index is 5.44. The summed E-state index contributed by atoms with van der Waals surface area (Å²) in [5, 5.41) is 11.0. The predicted molar refractivity (Wildman–Crippen MR) is 103 cm³/mol. The molecule has 0 aromatic carbocycles. The Morgan fingerprint density at radius 1 is 1.35 bits per heavy atom. The molecule has 2 aromatic heterocycles. The molecule has 4 rings (SSSR count). The number of aromatic nitrogens is 3. The highest BCUT2D eigenvalue weighted by Crippen LogP contribution is 2.22. The van der Waals surface area contributed by atoms with Gasteiger partial charge in [-0.1, -0.05) is 0 Å². The standard InChI is InChI=1S/C17H25N7OS/c1-12-9-19-17(26-12)23-16-21-14(11-24-4-6-25-7-5-24)8-15(22-16)20-13-2-3-18-10-13/h8-9,13,18H,2-7,10-11H2,1H3,(H2,19,20,21,22,23). The van der Waals surface area contributed by atoms with E-state index in [1.807, 2.05) is 13.1 Å². The maximum absolute atomic E-state index is 5.44. The van der Waals surface area contributed by atoms with Crippen molar-refractivity contribution in [3.05, 3.63) is 22.8 Å². The van der Waals surface area contributed by atoms with Crippen molar-refractivity contribution in [2.24, 2.45) is 0 Å². The minimum atomic E-state index is 0.413. The van der Waals surface area contributed by atoms with E-state index in [1.165, 1.54) is 0 Å². The minimum Gasteiger partial charge on any atom is -0.379 e. The molecule has 0 saturated carbocycles. The number of anilines is 3. The highest BCUT2D eigenvalue weighted by atomic mass is 32.1. The zero-order valence-corrected chi connectivity index (χ0v) is 15.8. The molecule has 8 nitrogen and oxygen atoms in total. The van der Waals surface area contributed by atoms with Gasteiger partial charge in [-0.15, -0.1) is 11.3 Å². The fraction of sp³-hybridized carbons (Fsp3) is 0.588. The lowest BCUT2D eigenvalue weighted by molar-refractivity contribution is 0.0336. The number of hydrogen-bond donors (Lipinski definition) is 3. The van der Waals surface area contributed by atoms with Gasteiger partial charge in [0.15, 0.2) is 5.13 Å². The van der Waals surface area contributed by atoms with Crippen molar-refractivity contribution >= 4 is 28.2 Å². The summed E-state index contributed by atoms with van der Waals surface area (Å²) in [5.74, 6) is 1.46. The van der Waals surface area contributed by atoms with Gasteiger partial charge in [0, 0.05) is 49.4 Å². The molecule has 1 unspecified atom stereocenters. The van der Waals surface area contributed by atoms with Crippen LogP contribution in [0, 0.1) is 6.92 Å². The zero-order chi connectivity index (χ0) is 17.8. The first-order valence-corrected chi connectivity index (χ1v) is 9.91. The van der Waals surface area contributed by atoms with Crippen LogP contribution in [0.4, 0.5) is 16.9 Å². The van der Waals surface area contributed by atoms with Gasteiger partial charge in [-0.2, -0.15) is 4.98 Å². The first-order chi connectivity index (χ1) is 12.7. The molecule has 2 aliphatic heterocycles. The molecule has 2 fully saturated rings. The van der Waals surface area contributed by atoms with Gasteiger partial charge in [0.25, 0.3) is 0 Å². The number of ether oxygens (including phenoxy) is 1. The van der Waals surface area contributed by atoms with Crippen molar-refractivity contribution in [2.45, 2.75) is 25.9 Å². The Morgan fingerprint density at radius 2 is 2.23 bits per heavy atom. The van der Waals surface area contributed by atoms with E-state index in [1.54, 1.807) is 11.3 Å². The second kappa shape index (κ2) is 8.26. The molecule has 0 bridgehead atoms. The third-order valence-corrected chi connectivity index (χ3v) is 5.35. The minimum absolute atomic E-state index is 0.413. The van der Waals surface area contributed by atoms with Crippen LogP contribution < -0.4 is 16.0 Å². The van der Waals surface area contributed by atoms with Gasteiger partial charge in [0.1, 0.15) is 5.82 Å². The SMILES string of the molecule is Cc1cnc(Nc2nc(CN3CCOCC3)cc(NC3CCNC3)n2)s1. The summed E-state index contributed by atoms with van der Waals surface area (Å²) in [6.07, 6.45) is 2.96. The van der Waals surface area contributed by atoms with Crippen LogP contribution in [0.3, 0.4) is 0 Å². The third-order valence-electron chi connectivity index (χ3n) is 4.52. The van der Waals surface area contributed by atoms with Crippen LogP contribution in [0.5, 0.6) is 0 Å². The van der Waals surface area contributed by atoms with E-state index in [4.69, 9.17) is 9.72 Å². The maximum Gasteiger partial charge on any atom is 0.231 e. The van der Waals surface area contributed by atoms with Gasteiger partial charge in [-0.25, -0.2) is 9.97 Å². The molecule has 0 spiro atoms. The van der Waals surface area contributed by atoms with Gasteiger partial charge >= 0.3 is 0 Å². The van der Waals surface area contributed by atoms with Crippen LogP contribution in [-0.4, -0.2) is 65.3 Å². The van der Waals surface area contributed by atoms with Crippen LogP contribution in [0.1, 0.15) is 17.0 Å². The second-order valence-electron chi connectivity index (χ2n) is 6.69. The van der Waals surface area contributed by atoms with Gasteiger partial charge in [-0.05, 0) is 19.9 Å². The average Bonchev–Trinajstić information content (AvgIpc) is 3.27. The number of rotatable bonds is 6. The summed E-state index contributed by atoms with van der Waals surface area (Å²) < 4.78 is 5.44. The van der Waals surface area contributed by atoms with Crippen LogP contribution in [0.15, 0.2) is 12.3 Å². The molecule has 0 aliphatic carbocycles. The van der Waals surface area contributed by atoms with Crippen molar-refractivity contribution in [2.75, 3.05) is 50.0 Å². The fourth-order valence-corrected chi connectivity index (χ4v) is 3.85. The molecule has 1 atom stereocenters. The number of aryl methyl sites for hydroxylation is 1. The zero-order valence-electron chi connectivity index (χ0n) is 15.0. The van der Waals surface area contributed by atoms with E-state index in [0.29, 0.717) is 12.0 Å². The Balaban J connectivity index is 1.53. The lowest BCUT2D eigenvalue weighted by Gasteiger charge is -2.26. The normalized spacial score (nSPS) is 21.0. The highest BCUT2D eigenvalue weighted by Gasteiger charge is 2.17. The largest absolute Gasteiger partial charge is 0.379 e. The molecule has 2 aromatic rings. The average molecular weight is 376 g/mol. The third kappa shape index (κ3) is 4.67. The van der Waals surface area contributed by atoms with Crippen LogP contribution in [-0.2, 0) is 11.3 Å². The highest BCUT2D eigenvalue weighted by molar-refractivity contribution is 7.15. The van der Waals surface area contributed by atoms with Gasteiger partial charge in [0.05, 0.1) is 18.9 Å². The lowest BCUT2D eigenvalue weighted by Crippen LogP contribution is -2.36. The molecule has 3 N–H and O–H groups in total.